The molecular weight excluding hydrogens is 253 g/mol. The van der Waals surface area contributed by atoms with Crippen molar-refractivity contribution in [3.63, 3.8) is 0 Å². The Morgan fingerprint density at radius 3 is 2.65 bits per heavy atom. The summed E-state index contributed by atoms with van der Waals surface area (Å²) >= 11 is 0. The van der Waals surface area contributed by atoms with Crippen LogP contribution in [0.15, 0.2) is 65.7 Å². The van der Waals surface area contributed by atoms with Crippen LogP contribution < -0.4 is 0 Å². The molecule has 20 heavy (non-hydrogen) atoms. The summed E-state index contributed by atoms with van der Waals surface area (Å²) in [4.78, 5) is 4.18. The fraction of sp³-hybridized carbons (Fsp3) is 0. The highest BCUT2D eigenvalue weighted by molar-refractivity contribution is 5.97. The van der Waals surface area contributed by atoms with Gasteiger partial charge in [0.2, 0.25) is 0 Å². The van der Waals surface area contributed by atoms with Crippen LogP contribution in [-0.4, -0.2) is 11.3 Å². The topological polar surface area (TPSA) is 32.6 Å². The van der Waals surface area contributed by atoms with Crippen molar-refractivity contribution in [3.05, 3.63) is 72.0 Å². The van der Waals surface area contributed by atoms with Crippen molar-refractivity contribution in [3.8, 4) is 5.75 Å². The summed E-state index contributed by atoms with van der Waals surface area (Å²) in [6.45, 7) is 0. The van der Waals surface area contributed by atoms with E-state index < -0.39 is 0 Å². The van der Waals surface area contributed by atoms with Crippen LogP contribution in [0, 0.1) is 5.82 Å². The van der Waals surface area contributed by atoms with Crippen molar-refractivity contribution in [1.29, 1.82) is 0 Å². The summed E-state index contributed by atoms with van der Waals surface area (Å²) < 4.78 is 13.1. The number of hydrogen-bond donors (Lipinski definition) is 1. The maximum Gasteiger partial charge on any atom is 0.132 e. The van der Waals surface area contributed by atoms with Gasteiger partial charge < -0.3 is 5.11 Å². The van der Waals surface area contributed by atoms with Crippen LogP contribution in [0.1, 0.15) is 5.56 Å². The number of aliphatic imine (C=N–C) groups is 1. The van der Waals surface area contributed by atoms with E-state index >= 15 is 0 Å². The van der Waals surface area contributed by atoms with Crippen molar-refractivity contribution in [2.45, 2.75) is 0 Å². The van der Waals surface area contributed by atoms with Crippen LogP contribution in [0.25, 0.3) is 10.8 Å². The van der Waals surface area contributed by atoms with Gasteiger partial charge in [-0.2, -0.15) is 0 Å². The van der Waals surface area contributed by atoms with Gasteiger partial charge in [0, 0.05) is 17.2 Å². The molecule has 2 nitrogen and oxygen atoms in total. The third kappa shape index (κ3) is 2.38. The van der Waals surface area contributed by atoms with Crippen LogP contribution in [0.5, 0.6) is 5.75 Å². The van der Waals surface area contributed by atoms with Crippen molar-refractivity contribution in [1.82, 2.24) is 0 Å². The summed E-state index contributed by atoms with van der Waals surface area (Å²) in [7, 11) is 0. The standard InChI is InChI=1S/C17H12FNO/c18-14-5-3-6-15(10-14)19-11-13-9-8-12-4-1-2-7-16(12)17(13)20/h1-11,20H. The Morgan fingerprint density at radius 2 is 1.80 bits per heavy atom. The Kier molecular flexibility index (Phi) is 3.17. The molecule has 98 valence electrons. The highest BCUT2D eigenvalue weighted by atomic mass is 19.1. The van der Waals surface area contributed by atoms with Crippen LogP contribution in [-0.2, 0) is 0 Å². The van der Waals surface area contributed by atoms with Gasteiger partial charge >= 0.3 is 0 Å². The molecule has 3 rings (SSSR count). The summed E-state index contributed by atoms with van der Waals surface area (Å²) in [6.07, 6.45) is 1.54. The maximum absolute atomic E-state index is 13.1. The summed E-state index contributed by atoms with van der Waals surface area (Å²) in [6, 6.07) is 17.3. The van der Waals surface area contributed by atoms with Crippen molar-refractivity contribution in [2.75, 3.05) is 0 Å². The smallest absolute Gasteiger partial charge is 0.132 e. The molecule has 0 bridgehead atoms. The third-order valence-electron chi connectivity index (χ3n) is 3.09. The lowest BCUT2D eigenvalue weighted by atomic mass is 10.1. The largest absolute Gasteiger partial charge is 0.507 e. The SMILES string of the molecule is Oc1c(C=Nc2cccc(F)c2)ccc2ccccc12. The number of nitrogens with zero attached hydrogens (tertiary/aromatic N) is 1. The van der Waals surface area contributed by atoms with E-state index in [9.17, 15) is 9.50 Å². The Morgan fingerprint density at radius 1 is 0.950 bits per heavy atom. The number of fused-ring (bicyclic) bond motifs is 1. The van der Waals surface area contributed by atoms with Crippen LogP contribution in [0.3, 0.4) is 0 Å². The summed E-state index contributed by atoms with van der Waals surface area (Å²) in [5.74, 6) is -0.148. The molecule has 0 fully saturated rings. The first kappa shape index (κ1) is 12.4. The van der Waals surface area contributed by atoms with E-state index in [1.165, 1.54) is 18.3 Å². The van der Waals surface area contributed by atoms with E-state index in [-0.39, 0.29) is 11.6 Å². The van der Waals surface area contributed by atoms with Gasteiger partial charge in [0.15, 0.2) is 0 Å². The molecule has 0 radical (unpaired) electrons. The molecule has 3 aromatic rings. The molecule has 0 saturated carbocycles. The monoisotopic (exact) mass is 265 g/mol. The molecule has 3 aromatic carbocycles. The number of halogens is 1. The molecular formula is C17H12FNO. The molecule has 0 atom stereocenters. The van der Waals surface area contributed by atoms with E-state index in [2.05, 4.69) is 4.99 Å². The van der Waals surface area contributed by atoms with E-state index in [1.807, 2.05) is 30.3 Å². The fourth-order valence-corrected chi connectivity index (χ4v) is 2.08. The lowest BCUT2D eigenvalue weighted by molar-refractivity contribution is 0.481. The fourth-order valence-electron chi connectivity index (χ4n) is 2.08. The van der Waals surface area contributed by atoms with Crippen LogP contribution >= 0.6 is 0 Å². The molecule has 3 heteroatoms. The first-order valence-corrected chi connectivity index (χ1v) is 6.24. The average molecular weight is 265 g/mol. The molecule has 1 N–H and O–H groups in total. The van der Waals surface area contributed by atoms with Crippen molar-refractivity contribution in [2.24, 2.45) is 4.99 Å². The molecule has 0 unspecified atom stereocenters. The molecule has 0 heterocycles. The van der Waals surface area contributed by atoms with Gasteiger partial charge in [-0.1, -0.05) is 36.4 Å². The van der Waals surface area contributed by atoms with Gasteiger partial charge in [0.1, 0.15) is 11.6 Å². The van der Waals surface area contributed by atoms with Crippen LogP contribution in [0.2, 0.25) is 0 Å². The number of hydrogen-bond acceptors (Lipinski definition) is 2. The highest BCUT2D eigenvalue weighted by Gasteiger charge is 2.03. The van der Waals surface area contributed by atoms with Gasteiger partial charge in [-0.25, -0.2) is 4.39 Å². The Bertz CT molecular complexity index is 796. The Balaban J connectivity index is 2.01. The predicted molar refractivity (Wildman–Crippen MR) is 79.3 cm³/mol. The van der Waals surface area contributed by atoms with Gasteiger partial charge in [0.05, 0.1) is 5.69 Å². The normalized spacial score (nSPS) is 11.2. The second-order valence-corrected chi connectivity index (χ2v) is 4.46. The van der Waals surface area contributed by atoms with Gasteiger partial charge in [-0.15, -0.1) is 0 Å². The number of phenolic OH excluding ortho intramolecular Hbond substituents is 1. The van der Waals surface area contributed by atoms with Gasteiger partial charge in [-0.3, -0.25) is 4.99 Å². The zero-order valence-electron chi connectivity index (χ0n) is 10.6. The quantitative estimate of drug-likeness (QED) is 0.683. The minimum absolute atomic E-state index is 0.184. The van der Waals surface area contributed by atoms with E-state index in [0.717, 1.165) is 10.8 Å². The second-order valence-electron chi connectivity index (χ2n) is 4.46. The Labute approximate surface area is 115 Å². The predicted octanol–water partition coefficient (Wildman–Crippen LogP) is 4.44. The van der Waals surface area contributed by atoms with Gasteiger partial charge in [0.25, 0.3) is 0 Å². The lowest BCUT2D eigenvalue weighted by Crippen LogP contribution is -1.84. The second kappa shape index (κ2) is 5.13. The van der Waals surface area contributed by atoms with Crippen LogP contribution in [0.4, 0.5) is 10.1 Å². The molecule has 0 spiro atoms. The van der Waals surface area contributed by atoms with Crippen molar-refractivity contribution >= 4 is 22.7 Å². The first-order chi connectivity index (χ1) is 9.74. The van der Waals surface area contributed by atoms with Crippen molar-refractivity contribution < 1.29 is 9.50 Å². The molecule has 0 aliphatic carbocycles. The summed E-state index contributed by atoms with van der Waals surface area (Å²) in [5.41, 5.74) is 1.12. The molecule has 0 saturated heterocycles. The Hall–Kier alpha value is -2.68. The minimum Gasteiger partial charge on any atom is -0.507 e. The molecule has 0 aromatic heterocycles. The number of phenols is 1. The molecule has 0 amide bonds. The van der Waals surface area contributed by atoms with E-state index in [4.69, 9.17) is 0 Å². The lowest BCUT2D eigenvalue weighted by Gasteiger charge is -2.04. The minimum atomic E-state index is -0.331. The maximum atomic E-state index is 13.1. The average Bonchev–Trinajstić information content (AvgIpc) is 2.47. The zero-order chi connectivity index (χ0) is 13.9. The number of benzene rings is 3. The van der Waals surface area contributed by atoms with Gasteiger partial charge in [-0.05, 0) is 29.7 Å². The number of aromatic hydroxyl groups is 1. The van der Waals surface area contributed by atoms with E-state index in [0.29, 0.717) is 11.3 Å². The highest BCUT2D eigenvalue weighted by Crippen LogP contribution is 2.27. The molecule has 0 aliphatic heterocycles. The first-order valence-electron chi connectivity index (χ1n) is 6.24. The molecule has 0 aliphatic rings. The number of rotatable bonds is 2. The third-order valence-corrected chi connectivity index (χ3v) is 3.09. The summed E-state index contributed by atoms with van der Waals surface area (Å²) in [5, 5.41) is 12.0. The zero-order valence-corrected chi connectivity index (χ0v) is 10.6. The van der Waals surface area contributed by atoms with E-state index in [1.54, 1.807) is 18.2 Å².